The Balaban J connectivity index is 2.49. The largest absolute Gasteiger partial charge is 0.338 e. The van der Waals surface area contributed by atoms with E-state index >= 15 is 0 Å². The van der Waals surface area contributed by atoms with Crippen molar-refractivity contribution in [3.8, 4) is 0 Å². The van der Waals surface area contributed by atoms with Crippen molar-refractivity contribution in [3.63, 3.8) is 0 Å². The molecule has 0 aromatic heterocycles. The quantitative estimate of drug-likeness (QED) is 0.722. The number of hydrogen-bond acceptors (Lipinski definition) is 3. The normalized spacial score (nSPS) is 25.7. The zero-order valence-corrected chi connectivity index (χ0v) is 10.1. The summed E-state index contributed by atoms with van der Waals surface area (Å²) in [5.74, 6) is 0.721. The standard InChI is InChI=1S/C11H23N3O/c1-4-14-10(3)7-13(8-11(14)15)6-9(2)5-12/h9-10H,4-8,12H2,1-3H3. The highest BCUT2D eigenvalue weighted by Gasteiger charge is 2.28. The van der Waals surface area contributed by atoms with Crippen LogP contribution in [-0.2, 0) is 4.79 Å². The molecule has 1 heterocycles. The van der Waals surface area contributed by atoms with Crippen LogP contribution in [0.3, 0.4) is 0 Å². The van der Waals surface area contributed by atoms with Gasteiger partial charge in [0.05, 0.1) is 6.54 Å². The Labute approximate surface area is 92.4 Å². The van der Waals surface area contributed by atoms with Gasteiger partial charge in [-0.3, -0.25) is 9.69 Å². The fraction of sp³-hybridized carbons (Fsp3) is 0.909. The van der Waals surface area contributed by atoms with Gasteiger partial charge in [-0.2, -0.15) is 0 Å². The first-order valence-electron chi connectivity index (χ1n) is 5.80. The van der Waals surface area contributed by atoms with E-state index in [0.29, 0.717) is 25.0 Å². The maximum atomic E-state index is 11.8. The zero-order valence-electron chi connectivity index (χ0n) is 10.1. The molecule has 0 saturated carbocycles. The van der Waals surface area contributed by atoms with E-state index in [0.717, 1.165) is 19.6 Å². The molecule has 88 valence electrons. The second-order valence-electron chi connectivity index (χ2n) is 4.56. The van der Waals surface area contributed by atoms with Crippen LogP contribution in [0.2, 0.25) is 0 Å². The first kappa shape index (κ1) is 12.5. The van der Waals surface area contributed by atoms with Crippen LogP contribution < -0.4 is 5.73 Å². The molecule has 4 nitrogen and oxygen atoms in total. The summed E-state index contributed by atoms with van der Waals surface area (Å²) in [6, 6.07) is 0.334. The van der Waals surface area contributed by atoms with Crippen LogP contribution >= 0.6 is 0 Å². The van der Waals surface area contributed by atoms with Gasteiger partial charge in [0, 0.05) is 25.7 Å². The van der Waals surface area contributed by atoms with Crippen molar-refractivity contribution >= 4 is 5.91 Å². The van der Waals surface area contributed by atoms with E-state index in [1.54, 1.807) is 0 Å². The fourth-order valence-corrected chi connectivity index (χ4v) is 2.21. The summed E-state index contributed by atoms with van der Waals surface area (Å²) in [5.41, 5.74) is 5.59. The average molecular weight is 213 g/mol. The molecule has 4 heteroatoms. The minimum Gasteiger partial charge on any atom is -0.338 e. The molecule has 1 aliphatic heterocycles. The van der Waals surface area contributed by atoms with E-state index in [9.17, 15) is 4.79 Å². The van der Waals surface area contributed by atoms with Crippen molar-refractivity contribution in [1.82, 2.24) is 9.80 Å². The number of rotatable bonds is 4. The van der Waals surface area contributed by atoms with Crippen LogP contribution in [0.4, 0.5) is 0 Å². The molecule has 1 aliphatic rings. The maximum Gasteiger partial charge on any atom is 0.237 e. The van der Waals surface area contributed by atoms with Crippen molar-refractivity contribution in [2.24, 2.45) is 11.7 Å². The van der Waals surface area contributed by atoms with E-state index in [-0.39, 0.29) is 5.91 Å². The lowest BCUT2D eigenvalue weighted by Gasteiger charge is -2.39. The summed E-state index contributed by atoms with van der Waals surface area (Å²) >= 11 is 0. The van der Waals surface area contributed by atoms with Gasteiger partial charge >= 0.3 is 0 Å². The summed E-state index contributed by atoms with van der Waals surface area (Å²) < 4.78 is 0. The Morgan fingerprint density at radius 2 is 2.27 bits per heavy atom. The number of carbonyl (C=O) groups excluding carboxylic acids is 1. The summed E-state index contributed by atoms with van der Waals surface area (Å²) in [6.45, 7) is 10.3. The monoisotopic (exact) mass is 213 g/mol. The molecular weight excluding hydrogens is 190 g/mol. The fourth-order valence-electron chi connectivity index (χ4n) is 2.21. The number of likely N-dealkylation sites (N-methyl/N-ethyl adjacent to an activating group) is 1. The number of nitrogens with two attached hydrogens (primary N) is 1. The molecule has 2 atom stereocenters. The first-order chi connectivity index (χ1) is 7.08. The van der Waals surface area contributed by atoms with Gasteiger partial charge in [0.1, 0.15) is 0 Å². The van der Waals surface area contributed by atoms with E-state index in [4.69, 9.17) is 5.73 Å². The van der Waals surface area contributed by atoms with Crippen LogP contribution in [0.1, 0.15) is 20.8 Å². The second kappa shape index (κ2) is 5.47. The van der Waals surface area contributed by atoms with Crippen molar-refractivity contribution in [3.05, 3.63) is 0 Å². The molecule has 15 heavy (non-hydrogen) atoms. The van der Waals surface area contributed by atoms with Crippen molar-refractivity contribution in [2.75, 3.05) is 32.7 Å². The molecule has 0 spiro atoms. The average Bonchev–Trinajstić information content (AvgIpc) is 2.17. The molecule has 0 radical (unpaired) electrons. The lowest BCUT2D eigenvalue weighted by Crippen LogP contribution is -2.56. The third kappa shape index (κ3) is 3.18. The summed E-state index contributed by atoms with van der Waals surface area (Å²) in [4.78, 5) is 15.9. The molecule has 2 unspecified atom stereocenters. The molecule has 1 saturated heterocycles. The minimum atomic E-state index is 0.250. The molecule has 0 aliphatic carbocycles. The van der Waals surface area contributed by atoms with Crippen LogP contribution in [0.15, 0.2) is 0 Å². The predicted molar refractivity (Wildman–Crippen MR) is 61.5 cm³/mol. The van der Waals surface area contributed by atoms with Gasteiger partial charge in [0.2, 0.25) is 5.91 Å². The minimum absolute atomic E-state index is 0.250. The van der Waals surface area contributed by atoms with Gasteiger partial charge in [-0.25, -0.2) is 0 Å². The van der Waals surface area contributed by atoms with Crippen LogP contribution in [0.25, 0.3) is 0 Å². The molecule has 2 N–H and O–H groups in total. The number of amides is 1. The molecular formula is C11H23N3O. The summed E-state index contributed by atoms with van der Waals surface area (Å²) in [7, 11) is 0. The predicted octanol–water partition coefficient (Wildman–Crippen LogP) is 0.134. The number of piperazine rings is 1. The highest BCUT2D eigenvalue weighted by atomic mass is 16.2. The van der Waals surface area contributed by atoms with Gasteiger partial charge in [-0.1, -0.05) is 6.92 Å². The van der Waals surface area contributed by atoms with Crippen molar-refractivity contribution < 1.29 is 4.79 Å². The molecule has 1 rings (SSSR count). The Morgan fingerprint density at radius 3 is 2.73 bits per heavy atom. The smallest absolute Gasteiger partial charge is 0.237 e. The maximum absolute atomic E-state index is 11.8. The van der Waals surface area contributed by atoms with Crippen molar-refractivity contribution in [1.29, 1.82) is 0 Å². The molecule has 0 aromatic carbocycles. The lowest BCUT2D eigenvalue weighted by atomic mass is 10.1. The Hall–Kier alpha value is -0.610. The van der Waals surface area contributed by atoms with E-state index in [2.05, 4.69) is 18.7 Å². The topological polar surface area (TPSA) is 49.6 Å². The molecule has 1 amide bonds. The molecule has 0 aromatic rings. The first-order valence-corrected chi connectivity index (χ1v) is 5.80. The van der Waals surface area contributed by atoms with Crippen LogP contribution in [0, 0.1) is 5.92 Å². The van der Waals surface area contributed by atoms with E-state index in [1.165, 1.54) is 0 Å². The summed E-state index contributed by atoms with van der Waals surface area (Å²) in [5, 5.41) is 0. The second-order valence-corrected chi connectivity index (χ2v) is 4.56. The molecule has 1 fully saturated rings. The van der Waals surface area contributed by atoms with Crippen LogP contribution in [0.5, 0.6) is 0 Å². The SMILES string of the molecule is CCN1C(=O)CN(CC(C)CN)CC1C. The van der Waals surface area contributed by atoms with Gasteiger partial charge < -0.3 is 10.6 Å². The third-order valence-electron chi connectivity index (χ3n) is 3.05. The van der Waals surface area contributed by atoms with Gasteiger partial charge in [-0.15, -0.1) is 0 Å². The number of carbonyl (C=O) groups is 1. The Kier molecular flexibility index (Phi) is 4.54. The summed E-state index contributed by atoms with van der Waals surface area (Å²) in [6.07, 6.45) is 0. The van der Waals surface area contributed by atoms with Crippen LogP contribution in [-0.4, -0.2) is 54.5 Å². The zero-order chi connectivity index (χ0) is 11.4. The number of nitrogens with zero attached hydrogens (tertiary/aromatic N) is 2. The Bertz CT molecular complexity index is 220. The van der Waals surface area contributed by atoms with E-state index in [1.807, 2.05) is 11.8 Å². The van der Waals surface area contributed by atoms with Crippen molar-refractivity contribution in [2.45, 2.75) is 26.8 Å². The lowest BCUT2D eigenvalue weighted by molar-refractivity contribution is -0.139. The van der Waals surface area contributed by atoms with Gasteiger partial charge in [-0.05, 0) is 26.3 Å². The third-order valence-corrected chi connectivity index (χ3v) is 3.05. The highest BCUT2D eigenvalue weighted by Crippen LogP contribution is 2.11. The van der Waals surface area contributed by atoms with Gasteiger partial charge in [0.15, 0.2) is 0 Å². The highest BCUT2D eigenvalue weighted by molar-refractivity contribution is 5.79. The molecule has 0 bridgehead atoms. The van der Waals surface area contributed by atoms with Gasteiger partial charge in [0.25, 0.3) is 0 Å². The van der Waals surface area contributed by atoms with E-state index < -0.39 is 0 Å². The number of hydrogen-bond donors (Lipinski definition) is 1. The Morgan fingerprint density at radius 1 is 1.60 bits per heavy atom.